The predicted molar refractivity (Wildman–Crippen MR) is 121 cm³/mol. The number of aryl methyl sites for hydroxylation is 1. The second kappa shape index (κ2) is 10.4. The van der Waals surface area contributed by atoms with Gasteiger partial charge in [-0.2, -0.15) is 0 Å². The van der Waals surface area contributed by atoms with E-state index in [1.54, 1.807) is 24.3 Å². The molecule has 1 unspecified atom stereocenters. The molecule has 1 amide bonds. The van der Waals surface area contributed by atoms with Gasteiger partial charge in [0.25, 0.3) is 0 Å². The number of carbonyl (C=O) groups excluding carboxylic acids is 1. The van der Waals surface area contributed by atoms with E-state index in [0.29, 0.717) is 36.5 Å². The van der Waals surface area contributed by atoms with Crippen molar-refractivity contribution in [2.45, 2.75) is 44.4 Å². The van der Waals surface area contributed by atoms with Crippen molar-refractivity contribution < 1.29 is 13.2 Å². The Morgan fingerprint density at radius 3 is 2.33 bits per heavy atom. The van der Waals surface area contributed by atoms with Gasteiger partial charge in [-0.25, -0.2) is 12.7 Å². The van der Waals surface area contributed by atoms with Gasteiger partial charge in [0.15, 0.2) is 0 Å². The molecule has 162 valence electrons. The van der Waals surface area contributed by atoms with Gasteiger partial charge in [-0.05, 0) is 55.9 Å². The number of piperidine rings is 1. The third-order valence-electron chi connectivity index (χ3n) is 5.58. The molecule has 0 spiro atoms. The quantitative estimate of drug-likeness (QED) is 0.663. The minimum atomic E-state index is -3.40. The second-order valence-corrected chi connectivity index (χ2v) is 10.4. The molecule has 5 nitrogen and oxygen atoms in total. The molecule has 1 aliphatic heterocycles. The van der Waals surface area contributed by atoms with Crippen molar-refractivity contribution in [1.82, 2.24) is 9.62 Å². The zero-order chi connectivity index (χ0) is 21.6. The van der Waals surface area contributed by atoms with Crippen molar-refractivity contribution in [3.05, 3.63) is 70.7 Å². The van der Waals surface area contributed by atoms with Crippen LogP contribution in [0.4, 0.5) is 0 Å². The van der Waals surface area contributed by atoms with Crippen LogP contribution < -0.4 is 5.32 Å². The highest BCUT2D eigenvalue weighted by molar-refractivity contribution is 7.88. The molecule has 2 aromatic rings. The van der Waals surface area contributed by atoms with Gasteiger partial charge < -0.3 is 5.32 Å². The summed E-state index contributed by atoms with van der Waals surface area (Å²) < 4.78 is 26.9. The molecule has 1 heterocycles. The Kier molecular flexibility index (Phi) is 7.92. The number of hydrogen-bond donors (Lipinski definition) is 1. The van der Waals surface area contributed by atoms with Gasteiger partial charge in [0.1, 0.15) is 0 Å². The van der Waals surface area contributed by atoms with E-state index in [1.165, 1.54) is 9.87 Å². The molecule has 0 aliphatic carbocycles. The summed E-state index contributed by atoms with van der Waals surface area (Å²) in [5.74, 6) is -0.145. The Hall–Kier alpha value is -1.89. The maximum absolute atomic E-state index is 12.7. The van der Waals surface area contributed by atoms with Gasteiger partial charge in [0, 0.05) is 30.1 Å². The number of amides is 1. The summed E-state index contributed by atoms with van der Waals surface area (Å²) >= 11 is 5.87. The number of carbonyl (C=O) groups is 1. The summed E-state index contributed by atoms with van der Waals surface area (Å²) in [7, 11) is -3.40. The van der Waals surface area contributed by atoms with E-state index in [0.717, 1.165) is 12.8 Å². The fourth-order valence-electron chi connectivity index (χ4n) is 3.74. The molecule has 1 atom stereocenters. The van der Waals surface area contributed by atoms with E-state index >= 15 is 0 Å². The zero-order valence-corrected chi connectivity index (χ0v) is 18.8. The van der Waals surface area contributed by atoms with Crippen molar-refractivity contribution >= 4 is 27.5 Å². The molecule has 1 aliphatic rings. The minimum absolute atomic E-state index is 0.0327. The number of benzene rings is 2. The molecule has 0 aromatic heterocycles. The molecule has 0 bridgehead atoms. The number of halogens is 1. The van der Waals surface area contributed by atoms with E-state index < -0.39 is 10.0 Å². The maximum Gasteiger partial charge on any atom is 0.223 e. The van der Waals surface area contributed by atoms with Crippen LogP contribution in [-0.4, -0.2) is 37.8 Å². The largest absolute Gasteiger partial charge is 0.353 e. The highest BCUT2D eigenvalue weighted by Gasteiger charge is 2.31. The van der Waals surface area contributed by atoms with Crippen LogP contribution in [0.2, 0.25) is 5.02 Å². The Morgan fingerprint density at radius 2 is 1.70 bits per heavy atom. The fourth-order valence-corrected chi connectivity index (χ4v) is 5.43. The van der Waals surface area contributed by atoms with Crippen LogP contribution >= 0.6 is 11.6 Å². The van der Waals surface area contributed by atoms with Gasteiger partial charge in [-0.15, -0.1) is 0 Å². The lowest BCUT2D eigenvalue weighted by molar-refractivity contribution is -0.126. The molecule has 1 fully saturated rings. The van der Waals surface area contributed by atoms with Crippen LogP contribution in [0.1, 0.15) is 37.3 Å². The Balaban J connectivity index is 1.44. The monoisotopic (exact) mass is 448 g/mol. The number of sulfonamides is 1. The van der Waals surface area contributed by atoms with Crippen LogP contribution in [0.5, 0.6) is 0 Å². The smallest absolute Gasteiger partial charge is 0.223 e. The third kappa shape index (κ3) is 6.56. The minimum Gasteiger partial charge on any atom is -0.353 e. The predicted octanol–water partition coefficient (Wildman–Crippen LogP) is 4.02. The van der Waals surface area contributed by atoms with Gasteiger partial charge >= 0.3 is 0 Å². The summed E-state index contributed by atoms with van der Waals surface area (Å²) in [6, 6.07) is 17.2. The Bertz CT molecular complexity index is 925. The first-order chi connectivity index (χ1) is 14.3. The first-order valence-corrected chi connectivity index (χ1v) is 12.4. The number of nitrogens with zero attached hydrogens (tertiary/aromatic N) is 1. The van der Waals surface area contributed by atoms with Gasteiger partial charge in [0.2, 0.25) is 15.9 Å². The maximum atomic E-state index is 12.7. The van der Waals surface area contributed by atoms with Crippen molar-refractivity contribution in [1.29, 1.82) is 0 Å². The van der Waals surface area contributed by atoms with Crippen LogP contribution in [0, 0.1) is 5.92 Å². The fraction of sp³-hybridized carbons (Fsp3) is 0.435. The van der Waals surface area contributed by atoms with Crippen LogP contribution in [-0.2, 0) is 27.0 Å². The van der Waals surface area contributed by atoms with Crippen molar-refractivity contribution in [2.75, 3.05) is 13.1 Å². The molecular formula is C23H29ClN2O3S. The molecule has 3 rings (SSSR count). The summed E-state index contributed by atoms with van der Waals surface area (Å²) in [5, 5.41) is 3.68. The highest BCUT2D eigenvalue weighted by Crippen LogP contribution is 2.22. The summed E-state index contributed by atoms with van der Waals surface area (Å²) in [6.07, 6.45) is 2.90. The van der Waals surface area contributed by atoms with Gasteiger partial charge in [-0.3, -0.25) is 4.79 Å². The molecule has 0 saturated carbocycles. The van der Waals surface area contributed by atoms with E-state index in [-0.39, 0.29) is 23.6 Å². The second-order valence-electron chi connectivity index (χ2n) is 7.99. The summed E-state index contributed by atoms with van der Waals surface area (Å²) in [5.41, 5.74) is 1.98. The van der Waals surface area contributed by atoms with Crippen molar-refractivity contribution in [3.63, 3.8) is 0 Å². The van der Waals surface area contributed by atoms with Gasteiger partial charge in [0.05, 0.1) is 5.75 Å². The molecule has 0 radical (unpaired) electrons. The van der Waals surface area contributed by atoms with Crippen molar-refractivity contribution in [2.24, 2.45) is 5.92 Å². The van der Waals surface area contributed by atoms with E-state index in [9.17, 15) is 13.2 Å². The zero-order valence-electron chi connectivity index (χ0n) is 17.3. The summed E-state index contributed by atoms with van der Waals surface area (Å²) in [4.78, 5) is 12.6. The van der Waals surface area contributed by atoms with Crippen LogP contribution in [0.25, 0.3) is 0 Å². The average Bonchev–Trinajstić information content (AvgIpc) is 2.74. The van der Waals surface area contributed by atoms with E-state index in [2.05, 4.69) is 17.4 Å². The molecule has 1 N–H and O–H groups in total. The van der Waals surface area contributed by atoms with Gasteiger partial charge in [-0.1, -0.05) is 54.1 Å². The van der Waals surface area contributed by atoms with Crippen molar-refractivity contribution in [3.8, 4) is 0 Å². The number of nitrogens with one attached hydrogen (secondary N) is 1. The topological polar surface area (TPSA) is 66.5 Å². The normalized spacial score (nSPS) is 16.9. The standard InChI is InChI=1S/C23H29ClN2O3S/c1-18(7-8-19-5-3-2-4-6-19)25-23(27)21-13-15-26(16-14-21)30(28,29)17-20-9-11-22(24)12-10-20/h2-6,9-12,18,21H,7-8,13-17H2,1H3,(H,25,27). The molecule has 30 heavy (non-hydrogen) atoms. The van der Waals surface area contributed by atoms with Crippen LogP contribution in [0.15, 0.2) is 54.6 Å². The SMILES string of the molecule is CC(CCc1ccccc1)NC(=O)C1CCN(S(=O)(=O)Cc2ccc(Cl)cc2)CC1. The molecule has 1 saturated heterocycles. The Labute approximate surface area is 184 Å². The lowest BCUT2D eigenvalue weighted by atomic mass is 9.96. The molecule has 2 aromatic carbocycles. The average molecular weight is 449 g/mol. The summed E-state index contributed by atoms with van der Waals surface area (Å²) in [6.45, 7) is 2.78. The van der Waals surface area contributed by atoms with Crippen LogP contribution in [0.3, 0.4) is 0 Å². The lowest BCUT2D eigenvalue weighted by Gasteiger charge is -2.31. The third-order valence-corrected chi connectivity index (χ3v) is 7.68. The van der Waals surface area contributed by atoms with E-state index in [4.69, 9.17) is 11.6 Å². The lowest BCUT2D eigenvalue weighted by Crippen LogP contribution is -2.45. The number of hydrogen-bond acceptors (Lipinski definition) is 3. The first-order valence-electron chi connectivity index (χ1n) is 10.4. The molecule has 7 heteroatoms. The first kappa shape index (κ1) is 22.8. The van der Waals surface area contributed by atoms with E-state index in [1.807, 2.05) is 25.1 Å². The molecular weight excluding hydrogens is 420 g/mol. The highest BCUT2D eigenvalue weighted by atomic mass is 35.5. The Morgan fingerprint density at radius 1 is 1.07 bits per heavy atom. The number of rotatable bonds is 8.